The Morgan fingerprint density at radius 2 is 1.72 bits per heavy atom. The summed E-state index contributed by atoms with van der Waals surface area (Å²) in [5, 5.41) is 12.2. The highest BCUT2D eigenvalue weighted by molar-refractivity contribution is 6.12. The molecule has 2 aliphatic rings. The number of hydrogen-bond donors (Lipinski definition) is 2. The van der Waals surface area contributed by atoms with E-state index in [1.54, 1.807) is 6.07 Å². The number of benzene rings is 1. The van der Waals surface area contributed by atoms with Crippen LogP contribution in [-0.2, 0) is 0 Å². The zero-order chi connectivity index (χ0) is 22.2. The second-order valence-corrected chi connectivity index (χ2v) is 9.66. The number of piperidine rings is 1. The fourth-order valence-corrected chi connectivity index (χ4v) is 5.44. The molecule has 0 bridgehead atoms. The van der Waals surface area contributed by atoms with E-state index in [2.05, 4.69) is 27.9 Å². The molecule has 0 amide bonds. The number of nitrogen functional groups attached to an aromatic ring is 1. The third-order valence-corrected chi connectivity index (χ3v) is 7.62. The average Bonchev–Trinajstić information content (AvgIpc) is 3.46. The number of nitrogens with two attached hydrogens (primary N) is 1. The molecule has 0 unspecified atom stereocenters. The third kappa shape index (κ3) is 2.70. The number of fused-ring (bicyclic) bond motifs is 3. The lowest BCUT2D eigenvalue weighted by Crippen LogP contribution is -2.35. The fraction of sp³-hybridized carbons (Fsp3) is 0.400. The van der Waals surface area contributed by atoms with Gasteiger partial charge < -0.3 is 15.7 Å². The summed E-state index contributed by atoms with van der Waals surface area (Å²) in [7, 11) is 0. The van der Waals surface area contributed by atoms with Crippen LogP contribution in [0.15, 0.2) is 24.5 Å². The number of aryl methyl sites for hydroxylation is 2. The normalized spacial score (nSPS) is 17.5. The van der Waals surface area contributed by atoms with Crippen LogP contribution in [0.4, 0.5) is 11.6 Å². The molecule has 1 aromatic carbocycles. The summed E-state index contributed by atoms with van der Waals surface area (Å²) in [5.41, 5.74) is 12.3. The third-order valence-electron chi connectivity index (χ3n) is 7.62. The number of pyridine rings is 1. The van der Waals surface area contributed by atoms with Crippen molar-refractivity contribution in [3.8, 4) is 11.4 Å². The van der Waals surface area contributed by atoms with Gasteiger partial charge in [0.1, 0.15) is 29.4 Å². The number of rotatable bonds is 2. The molecule has 6 rings (SSSR count). The van der Waals surface area contributed by atoms with Gasteiger partial charge in [0, 0.05) is 24.0 Å². The first kappa shape index (κ1) is 19.3. The molecule has 2 fully saturated rings. The molecule has 3 N–H and O–H groups in total. The van der Waals surface area contributed by atoms with Crippen molar-refractivity contribution in [2.24, 2.45) is 5.41 Å². The Bertz CT molecular complexity index is 1390. The van der Waals surface area contributed by atoms with Gasteiger partial charge in [-0.1, -0.05) is 6.07 Å². The van der Waals surface area contributed by atoms with Crippen LogP contribution in [0.3, 0.4) is 0 Å². The van der Waals surface area contributed by atoms with Crippen LogP contribution in [0.2, 0.25) is 0 Å². The molecule has 0 atom stereocenters. The molecule has 1 aliphatic heterocycles. The molecular weight excluding hydrogens is 400 g/mol. The topological polar surface area (TPSA) is 93.1 Å². The lowest BCUT2D eigenvalue weighted by molar-refractivity contribution is 0.383. The van der Waals surface area contributed by atoms with Gasteiger partial charge in [-0.2, -0.15) is 0 Å². The van der Waals surface area contributed by atoms with Crippen molar-refractivity contribution in [3.05, 3.63) is 41.2 Å². The smallest absolute Gasteiger partial charge is 0.152 e. The number of nitrogens with zero attached hydrogens (tertiary/aromatic N) is 5. The number of aromatic nitrogens is 4. The van der Waals surface area contributed by atoms with Crippen LogP contribution >= 0.6 is 0 Å². The minimum absolute atomic E-state index is 0.251. The summed E-state index contributed by atoms with van der Waals surface area (Å²) in [6.07, 6.45) is 6.76. The lowest BCUT2D eigenvalue weighted by Gasteiger charge is -2.33. The number of phenolic OH excluding ortho intramolecular Hbond substituents is 1. The molecule has 1 spiro atoms. The first-order valence-corrected chi connectivity index (χ1v) is 11.4. The van der Waals surface area contributed by atoms with Crippen LogP contribution < -0.4 is 10.6 Å². The molecule has 7 nitrogen and oxygen atoms in total. The van der Waals surface area contributed by atoms with Crippen molar-refractivity contribution in [1.29, 1.82) is 0 Å². The SMILES string of the molecule is Cc1cc2c3c(N)ncnc3n(-c3c(C)ccc(O)c3C)c2nc1N1CCC2(CC1)CC2. The second kappa shape index (κ2) is 6.58. The minimum atomic E-state index is 0.251. The van der Waals surface area contributed by atoms with Gasteiger partial charge in [-0.25, -0.2) is 15.0 Å². The molecule has 164 valence electrons. The van der Waals surface area contributed by atoms with Crippen molar-refractivity contribution < 1.29 is 5.11 Å². The molecule has 1 saturated carbocycles. The number of aromatic hydroxyl groups is 1. The van der Waals surface area contributed by atoms with Gasteiger partial charge in [0.05, 0.1) is 11.1 Å². The van der Waals surface area contributed by atoms with Crippen LogP contribution in [0, 0.1) is 26.2 Å². The fourth-order valence-electron chi connectivity index (χ4n) is 5.44. The Balaban J connectivity index is 1.64. The molecule has 4 heterocycles. The van der Waals surface area contributed by atoms with E-state index in [0.717, 1.165) is 57.7 Å². The van der Waals surface area contributed by atoms with Crippen LogP contribution in [-0.4, -0.2) is 37.7 Å². The summed E-state index contributed by atoms with van der Waals surface area (Å²) in [5.74, 6) is 1.72. The molecule has 7 heteroatoms. The van der Waals surface area contributed by atoms with E-state index < -0.39 is 0 Å². The Hall–Kier alpha value is -3.35. The van der Waals surface area contributed by atoms with E-state index in [9.17, 15) is 5.11 Å². The summed E-state index contributed by atoms with van der Waals surface area (Å²) < 4.78 is 2.04. The van der Waals surface area contributed by atoms with Crippen molar-refractivity contribution in [3.63, 3.8) is 0 Å². The quantitative estimate of drug-likeness (QED) is 0.486. The Morgan fingerprint density at radius 3 is 2.44 bits per heavy atom. The molecule has 0 radical (unpaired) electrons. The van der Waals surface area contributed by atoms with Gasteiger partial charge in [0.2, 0.25) is 0 Å². The molecule has 32 heavy (non-hydrogen) atoms. The first-order valence-electron chi connectivity index (χ1n) is 11.4. The van der Waals surface area contributed by atoms with Crippen LogP contribution in [0.5, 0.6) is 5.75 Å². The molecule has 1 aliphatic carbocycles. The average molecular weight is 429 g/mol. The molecule has 3 aromatic heterocycles. The summed E-state index contributed by atoms with van der Waals surface area (Å²) >= 11 is 0. The van der Waals surface area contributed by atoms with Crippen molar-refractivity contribution in [2.75, 3.05) is 23.7 Å². The Morgan fingerprint density at radius 1 is 0.969 bits per heavy atom. The molecule has 1 saturated heterocycles. The number of hydrogen-bond acceptors (Lipinski definition) is 6. The van der Waals surface area contributed by atoms with E-state index in [-0.39, 0.29) is 5.75 Å². The highest BCUT2D eigenvalue weighted by atomic mass is 16.3. The highest BCUT2D eigenvalue weighted by Crippen LogP contribution is 2.54. The van der Waals surface area contributed by atoms with Gasteiger partial charge in [0.25, 0.3) is 0 Å². The zero-order valence-electron chi connectivity index (χ0n) is 18.8. The van der Waals surface area contributed by atoms with Crippen molar-refractivity contribution >= 4 is 33.7 Å². The van der Waals surface area contributed by atoms with Crippen molar-refractivity contribution in [2.45, 2.75) is 46.5 Å². The molecular formula is C25H28N6O. The van der Waals surface area contributed by atoms with E-state index >= 15 is 0 Å². The summed E-state index contributed by atoms with van der Waals surface area (Å²) in [6, 6.07) is 5.83. The van der Waals surface area contributed by atoms with Gasteiger partial charge in [-0.15, -0.1) is 0 Å². The highest BCUT2D eigenvalue weighted by Gasteiger charge is 2.44. The zero-order valence-corrected chi connectivity index (χ0v) is 18.8. The van der Waals surface area contributed by atoms with Crippen molar-refractivity contribution in [1.82, 2.24) is 19.5 Å². The predicted octanol–water partition coefficient (Wildman–Crippen LogP) is 4.56. The molecule has 4 aromatic rings. The van der Waals surface area contributed by atoms with Crippen LogP contribution in [0.25, 0.3) is 27.8 Å². The Labute approximate surface area is 186 Å². The van der Waals surface area contributed by atoms with E-state index in [1.165, 1.54) is 32.0 Å². The van der Waals surface area contributed by atoms with Gasteiger partial charge in [0.15, 0.2) is 5.65 Å². The van der Waals surface area contributed by atoms with Gasteiger partial charge in [-0.3, -0.25) is 4.57 Å². The monoisotopic (exact) mass is 428 g/mol. The standard InChI is InChI=1S/C25H28N6O/c1-14-4-5-18(32)16(3)20(14)31-23-17(19-21(26)27-13-28-24(19)31)12-15(2)22(29-23)30-10-8-25(6-7-25)9-11-30/h4-5,12-13,32H,6-11H2,1-3H3,(H2,26,27,28). The predicted molar refractivity (Wildman–Crippen MR) is 128 cm³/mol. The summed E-state index contributed by atoms with van der Waals surface area (Å²) in [6.45, 7) is 8.18. The largest absolute Gasteiger partial charge is 0.508 e. The van der Waals surface area contributed by atoms with Crippen LogP contribution in [0.1, 0.15) is 42.4 Å². The number of phenols is 1. The summed E-state index contributed by atoms with van der Waals surface area (Å²) in [4.78, 5) is 16.5. The maximum absolute atomic E-state index is 10.5. The van der Waals surface area contributed by atoms with E-state index in [0.29, 0.717) is 16.9 Å². The maximum atomic E-state index is 10.5. The van der Waals surface area contributed by atoms with E-state index in [1.807, 2.05) is 24.5 Å². The first-order chi connectivity index (χ1) is 15.4. The van der Waals surface area contributed by atoms with Gasteiger partial charge >= 0.3 is 0 Å². The number of anilines is 2. The lowest BCUT2D eigenvalue weighted by atomic mass is 9.93. The second-order valence-electron chi connectivity index (χ2n) is 9.66. The van der Waals surface area contributed by atoms with E-state index in [4.69, 9.17) is 10.7 Å². The maximum Gasteiger partial charge on any atom is 0.152 e. The minimum Gasteiger partial charge on any atom is -0.508 e. The van der Waals surface area contributed by atoms with Gasteiger partial charge in [-0.05, 0) is 75.1 Å². The Kier molecular flexibility index (Phi) is 3.97.